The van der Waals surface area contributed by atoms with Gasteiger partial charge < -0.3 is 29.9 Å². The van der Waals surface area contributed by atoms with Crippen molar-refractivity contribution in [2.24, 2.45) is 0 Å². The number of esters is 1. The fourth-order valence-electron chi connectivity index (χ4n) is 3.57. The predicted molar refractivity (Wildman–Crippen MR) is 110 cm³/mol. The van der Waals surface area contributed by atoms with Crippen molar-refractivity contribution in [1.82, 2.24) is 0 Å². The van der Waals surface area contributed by atoms with Gasteiger partial charge in [-0.1, -0.05) is 38.7 Å². The second-order valence-corrected chi connectivity index (χ2v) is 7.62. The molecule has 0 unspecified atom stereocenters. The fourth-order valence-corrected chi connectivity index (χ4v) is 3.57. The van der Waals surface area contributed by atoms with Crippen LogP contribution in [0.2, 0.25) is 0 Å². The molecule has 7 nitrogen and oxygen atoms in total. The molecule has 1 aliphatic heterocycles. The van der Waals surface area contributed by atoms with Crippen LogP contribution in [0.15, 0.2) is 30.3 Å². The van der Waals surface area contributed by atoms with E-state index in [4.69, 9.17) is 9.47 Å². The van der Waals surface area contributed by atoms with E-state index in [-0.39, 0.29) is 35.4 Å². The number of fused-ring (bicyclic) bond motifs is 1. The van der Waals surface area contributed by atoms with E-state index in [1.807, 2.05) is 0 Å². The molecule has 0 fully saturated rings. The number of hydrogen-bond acceptors (Lipinski definition) is 7. The smallest absolute Gasteiger partial charge is 0.311 e. The third-order valence-corrected chi connectivity index (χ3v) is 5.22. The zero-order chi connectivity index (χ0) is 21.7. The maximum atomic E-state index is 12.1. The minimum atomic E-state index is -0.969. The maximum absolute atomic E-state index is 12.1. The van der Waals surface area contributed by atoms with Gasteiger partial charge in [-0.3, -0.25) is 4.79 Å². The van der Waals surface area contributed by atoms with Gasteiger partial charge in [0.05, 0.1) is 6.10 Å². The van der Waals surface area contributed by atoms with E-state index in [0.717, 1.165) is 32.1 Å². The summed E-state index contributed by atoms with van der Waals surface area (Å²) in [6, 6.07) is 7.03. The molecular formula is C23H28O7. The highest BCUT2D eigenvalue weighted by molar-refractivity contribution is 5.73. The van der Waals surface area contributed by atoms with Crippen LogP contribution in [-0.2, 0) is 11.2 Å². The second-order valence-electron chi connectivity index (χ2n) is 7.62. The lowest BCUT2D eigenvalue weighted by molar-refractivity contribution is -0.134. The molecule has 0 aromatic heterocycles. The topological polar surface area (TPSA) is 116 Å². The molecule has 0 amide bonds. The zero-order valence-corrected chi connectivity index (χ0v) is 17.0. The lowest BCUT2D eigenvalue weighted by Crippen LogP contribution is -2.30. The quantitative estimate of drug-likeness (QED) is 0.221. The van der Waals surface area contributed by atoms with Crippen molar-refractivity contribution < 1.29 is 34.7 Å². The van der Waals surface area contributed by atoms with Gasteiger partial charge >= 0.3 is 5.97 Å². The van der Waals surface area contributed by atoms with Crippen molar-refractivity contribution >= 4 is 5.97 Å². The Bertz CT molecular complexity index is 893. The Labute approximate surface area is 175 Å². The summed E-state index contributed by atoms with van der Waals surface area (Å²) in [6.07, 6.45) is 3.75. The number of aliphatic hydroxyl groups excluding tert-OH is 1. The molecule has 0 saturated heterocycles. The largest absolute Gasteiger partial charge is 0.507 e. The lowest BCUT2D eigenvalue weighted by atomic mass is 9.94. The summed E-state index contributed by atoms with van der Waals surface area (Å²) in [7, 11) is 0. The van der Waals surface area contributed by atoms with Crippen LogP contribution in [0, 0.1) is 0 Å². The molecule has 2 aromatic rings. The highest BCUT2D eigenvalue weighted by Crippen LogP contribution is 2.43. The van der Waals surface area contributed by atoms with Crippen molar-refractivity contribution in [1.29, 1.82) is 0 Å². The van der Waals surface area contributed by atoms with Crippen molar-refractivity contribution in [3.8, 4) is 28.7 Å². The number of hydrogen-bond donors (Lipinski definition) is 4. The highest BCUT2D eigenvalue weighted by Gasteiger charge is 2.32. The molecule has 7 heteroatoms. The van der Waals surface area contributed by atoms with Gasteiger partial charge in [-0.15, -0.1) is 0 Å². The summed E-state index contributed by atoms with van der Waals surface area (Å²) in [5.74, 6) is -0.618. The van der Waals surface area contributed by atoms with Crippen molar-refractivity contribution in [2.75, 3.05) is 0 Å². The van der Waals surface area contributed by atoms with Crippen LogP contribution in [0.1, 0.15) is 62.7 Å². The van der Waals surface area contributed by atoms with Crippen LogP contribution in [0.5, 0.6) is 28.7 Å². The van der Waals surface area contributed by atoms with Crippen LogP contribution >= 0.6 is 0 Å². The van der Waals surface area contributed by atoms with Crippen LogP contribution in [0.3, 0.4) is 0 Å². The lowest BCUT2D eigenvalue weighted by Gasteiger charge is -2.31. The summed E-state index contributed by atoms with van der Waals surface area (Å²) < 4.78 is 11.2. The number of unbranched alkanes of at least 4 members (excludes halogenated alkanes) is 4. The number of benzene rings is 2. The van der Waals surface area contributed by atoms with Crippen LogP contribution in [0.25, 0.3) is 0 Å². The molecule has 1 aliphatic rings. The molecule has 0 saturated carbocycles. The van der Waals surface area contributed by atoms with Crippen molar-refractivity contribution in [3.05, 3.63) is 41.5 Å². The maximum Gasteiger partial charge on any atom is 0.311 e. The molecular weight excluding hydrogens is 388 g/mol. The zero-order valence-electron chi connectivity index (χ0n) is 17.0. The summed E-state index contributed by atoms with van der Waals surface area (Å²) in [6.45, 7) is 2.13. The molecule has 2 atom stereocenters. The van der Waals surface area contributed by atoms with Gasteiger partial charge in [0.25, 0.3) is 0 Å². The molecule has 0 radical (unpaired) electrons. The van der Waals surface area contributed by atoms with E-state index in [2.05, 4.69) is 6.92 Å². The van der Waals surface area contributed by atoms with Crippen LogP contribution < -0.4 is 9.47 Å². The molecule has 2 aromatic carbocycles. The van der Waals surface area contributed by atoms with Gasteiger partial charge in [0.2, 0.25) is 0 Å². The molecule has 0 aliphatic carbocycles. The third kappa shape index (κ3) is 5.16. The monoisotopic (exact) mass is 416 g/mol. The molecule has 1 heterocycles. The number of carbonyl (C=O) groups excluding carboxylic acids is 1. The standard InChI is InChI=1S/C23H28O7/c1-2-3-4-5-6-7-22(28)29-15-11-18(25)16-13-20(27)23(30-21(16)12-15)14-8-9-17(24)19(26)10-14/h8-12,20,23-27H,2-7,13H2,1H3/t20-,23-/m1/s1. The average Bonchev–Trinajstić information content (AvgIpc) is 2.70. The molecule has 3 rings (SSSR count). The van der Waals surface area contributed by atoms with E-state index in [9.17, 15) is 25.2 Å². The first-order chi connectivity index (χ1) is 14.4. The minimum Gasteiger partial charge on any atom is -0.507 e. The number of aliphatic hydroxyl groups is 1. The molecule has 0 bridgehead atoms. The summed E-state index contributed by atoms with van der Waals surface area (Å²) in [5, 5.41) is 40.0. The average molecular weight is 416 g/mol. The number of aromatic hydroxyl groups is 3. The Morgan fingerprint density at radius 3 is 2.53 bits per heavy atom. The molecule has 0 spiro atoms. The SMILES string of the molecule is CCCCCCCC(=O)Oc1cc(O)c2c(c1)O[C@H](c1ccc(O)c(O)c1)[C@H](O)C2. The Kier molecular flexibility index (Phi) is 7.05. The van der Waals surface area contributed by atoms with Gasteiger partial charge in [0.1, 0.15) is 23.4 Å². The molecule has 4 N–H and O–H groups in total. The van der Waals surface area contributed by atoms with Gasteiger partial charge in [-0.05, 0) is 24.1 Å². The normalized spacial score (nSPS) is 17.8. The van der Waals surface area contributed by atoms with Crippen LogP contribution in [0.4, 0.5) is 0 Å². The van der Waals surface area contributed by atoms with Gasteiger partial charge in [0.15, 0.2) is 11.5 Å². The third-order valence-electron chi connectivity index (χ3n) is 5.22. The summed E-state index contributed by atoms with van der Waals surface area (Å²) in [5.41, 5.74) is 0.888. The van der Waals surface area contributed by atoms with Crippen molar-refractivity contribution in [2.45, 2.75) is 64.1 Å². The Hall–Kier alpha value is -2.93. The molecule has 162 valence electrons. The fraction of sp³-hybridized carbons (Fsp3) is 0.435. The van der Waals surface area contributed by atoms with E-state index >= 15 is 0 Å². The second kappa shape index (κ2) is 9.71. The van der Waals surface area contributed by atoms with E-state index < -0.39 is 12.2 Å². The number of carbonyl (C=O) groups is 1. The first kappa shape index (κ1) is 21.8. The van der Waals surface area contributed by atoms with E-state index in [1.165, 1.54) is 30.3 Å². The van der Waals surface area contributed by atoms with Crippen molar-refractivity contribution in [3.63, 3.8) is 0 Å². The number of phenols is 3. The Balaban J connectivity index is 1.70. The van der Waals surface area contributed by atoms with Crippen LogP contribution in [-0.4, -0.2) is 32.5 Å². The summed E-state index contributed by atoms with van der Waals surface area (Å²) >= 11 is 0. The van der Waals surface area contributed by atoms with E-state index in [0.29, 0.717) is 23.3 Å². The van der Waals surface area contributed by atoms with E-state index in [1.54, 1.807) is 0 Å². The predicted octanol–water partition coefficient (Wildman–Crippen LogP) is 4.11. The first-order valence-corrected chi connectivity index (χ1v) is 10.3. The molecule has 30 heavy (non-hydrogen) atoms. The number of phenolic OH excluding ortho intramolecular Hbond substituents is 3. The number of ether oxygens (including phenoxy) is 2. The van der Waals surface area contributed by atoms with Gasteiger partial charge in [0, 0.05) is 30.5 Å². The first-order valence-electron chi connectivity index (χ1n) is 10.3. The Morgan fingerprint density at radius 1 is 1.03 bits per heavy atom. The van der Waals surface area contributed by atoms with Gasteiger partial charge in [-0.2, -0.15) is 0 Å². The van der Waals surface area contributed by atoms with Gasteiger partial charge in [-0.25, -0.2) is 0 Å². The summed E-state index contributed by atoms with van der Waals surface area (Å²) in [4.78, 5) is 12.1. The Morgan fingerprint density at radius 2 is 1.80 bits per heavy atom. The highest BCUT2D eigenvalue weighted by atomic mass is 16.5. The minimum absolute atomic E-state index is 0.121. The number of rotatable bonds is 8.